The number of imidazole rings is 1. The lowest BCUT2D eigenvalue weighted by Gasteiger charge is -2.31. The Labute approximate surface area is 248 Å². The van der Waals surface area contributed by atoms with Gasteiger partial charge in [0.2, 0.25) is 0 Å². The largest absolute Gasteiger partial charge is 0.308 e. The van der Waals surface area contributed by atoms with Crippen molar-refractivity contribution in [3.63, 3.8) is 0 Å². The first-order valence-electron chi connectivity index (χ1n) is 14.4. The molecule has 0 saturated heterocycles. The monoisotopic (exact) mass is 569 g/mol. The zero-order valence-corrected chi connectivity index (χ0v) is 23.9. The van der Waals surface area contributed by atoms with Crippen molar-refractivity contribution in [3.8, 4) is 28.2 Å². The maximum absolute atomic E-state index is 16.1. The number of benzene rings is 6. The molecule has 43 heavy (non-hydrogen) atoms. The molecule has 0 saturated carbocycles. The lowest BCUT2D eigenvalue weighted by molar-refractivity contribution is 0.592. The second kappa shape index (κ2) is 9.09. The van der Waals surface area contributed by atoms with Gasteiger partial charge in [-0.25, -0.2) is 4.98 Å². The second-order valence-electron chi connectivity index (χ2n) is 10.9. The first kappa shape index (κ1) is 24.3. The summed E-state index contributed by atoms with van der Waals surface area (Å²) in [5.41, 5.74) is 6.56. The predicted molar refractivity (Wildman–Crippen MR) is 178 cm³/mol. The van der Waals surface area contributed by atoms with E-state index in [1.165, 1.54) is 0 Å². The minimum Gasteiger partial charge on any atom is -0.308 e. The fourth-order valence-electron chi connectivity index (χ4n) is 6.80. The van der Waals surface area contributed by atoms with E-state index < -0.39 is 7.14 Å². The number of para-hydroxylation sites is 1. The Morgan fingerprint density at radius 2 is 1.37 bits per heavy atom. The molecule has 202 valence electrons. The number of fused-ring (bicyclic) bond motifs is 5. The minimum atomic E-state index is -3.37. The molecule has 0 bridgehead atoms. The number of nitrogens with zero attached hydrogens (tertiary/aromatic N) is 3. The first-order valence-corrected chi connectivity index (χ1v) is 16.1. The second-order valence-corrected chi connectivity index (χ2v) is 13.6. The van der Waals surface area contributed by atoms with Crippen LogP contribution in [0.15, 0.2) is 146 Å². The van der Waals surface area contributed by atoms with E-state index in [2.05, 4.69) is 71.3 Å². The molecular weight excluding hydrogens is 545 g/mol. The quantitative estimate of drug-likeness (QED) is 0.160. The molecule has 1 unspecified atom stereocenters. The van der Waals surface area contributed by atoms with Crippen molar-refractivity contribution in [1.82, 2.24) is 14.5 Å². The van der Waals surface area contributed by atoms with E-state index in [0.717, 1.165) is 76.8 Å². The summed E-state index contributed by atoms with van der Waals surface area (Å²) in [7, 11) is -3.37. The highest BCUT2D eigenvalue weighted by molar-refractivity contribution is 7.86. The summed E-state index contributed by atoms with van der Waals surface area (Å²) in [6.07, 6.45) is 1.85. The SMILES string of the molecule is O=P1(c2ccccc2)c2c(-c3cc4ccccc4c4ncccc34)cccc2-n2c(-c3ccccc3)nc3cccc1c32. The summed E-state index contributed by atoms with van der Waals surface area (Å²) in [5.74, 6) is 0.839. The Morgan fingerprint density at radius 3 is 2.23 bits per heavy atom. The van der Waals surface area contributed by atoms with Crippen molar-refractivity contribution in [2.45, 2.75) is 0 Å². The van der Waals surface area contributed by atoms with E-state index in [4.69, 9.17) is 9.97 Å². The van der Waals surface area contributed by atoms with Gasteiger partial charge in [-0.2, -0.15) is 0 Å². The normalized spacial score (nSPS) is 15.6. The van der Waals surface area contributed by atoms with Crippen LogP contribution in [0, 0.1) is 0 Å². The van der Waals surface area contributed by atoms with E-state index in [1.54, 1.807) is 0 Å². The van der Waals surface area contributed by atoms with Crippen molar-refractivity contribution in [2.24, 2.45) is 0 Å². The van der Waals surface area contributed by atoms with Crippen LogP contribution in [-0.4, -0.2) is 14.5 Å². The van der Waals surface area contributed by atoms with Crippen LogP contribution in [0.5, 0.6) is 0 Å². The summed E-state index contributed by atoms with van der Waals surface area (Å²) in [6.45, 7) is 0. The van der Waals surface area contributed by atoms with Gasteiger partial charge in [0.05, 0.1) is 27.5 Å². The Bertz CT molecular complexity index is 2430. The molecule has 0 amide bonds. The van der Waals surface area contributed by atoms with Crippen molar-refractivity contribution >= 4 is 55.8 Å². The standard InChI is InChI=1S/C38H24N3OP/c42-43(27-15-5-2-6-16-27)34-22-10-20-32-36(34)41(38(40-32)25-12-3-1-4-13-25)33-21-9-18-30(37(33)43)31-24-26-14-7-8-17-28(26)35-29(31)19-11-23-39-35/h1-24H. The van der Waals surface area contributed by atoms with Crippen molar-refractivity contribution in [3.05, 3.63) is 146 Å². The van der Waals surface area contributed by atoms with Crippen LogP contribution in [0.3, 0.4) is 0 Å². The molecule has 0 fully saturated rings. The van der Waals surface area contributed by atoms with E-state index in [9.17, 15) is 0 Å². The summed E-state index contributed by atoms with van der Waals surface area (Å²) in [6, 6.07) is 47.2. The summed E-state index contributed by atoms with van der Waals surface area (Å²) >= 11 is 0. The Kier molecular flexibility index (Phi) is 5.14. The molecule has 0 spiro atoms. The third-order valence-corrected chi connectivity index (χ3v) is 11.8. The van der Waals surface area contributed by atoms with Gasteiger partial charge in [0, 0.05) is 33.1 Å². The number of rotatable bonds is 3. The summed E-state index contributed by atoms with van der Waals surface area (Å²) in [5, 5.41) is 5.69. The highest BCUT2D eigenvalue weighted by Crippen LogP contribution is 2.53. The number of hydrogen-bond donors (Lipinski definition) is 0. The van der Waals surface area contributed by atoms with Gasteiger partial charge in [0.25, 0.3) is 0 Å². The Balaban J connectivity index is 1.48. The van der Waals surface area contributed by atoms with E-state index in [-0.39, 0.29) is 0 Å². The molecule has 5 heteroatoms. The van der Waals surface area contributed by atoms with E-state index in [1.807, 2.05) is 79.0 Å². The van der Waals surface area contributed by atoms with Crippen LogP contribution in [0.25, 0.3) is 60.9 Å². The number of hydrogen-bond acceptors (Lipinski definition) is 3. The maximum Gasteiger partial charge on any atom is 0.175 e. The third kappa shape index (κ3) is 3.36. The zero-order valence-electron chi connectivity index (χ0n) is 23.1. The fourth-order valence-corrected chi connectivity index (χ4v) is 10.0. The predicted octanol–water partition coefficient (Wildman–Crippen LogP) is 8.01. The van der Waals surface area contributed by atoms with Crippen LogP contribution in [0.2, 0.25) is 0 Å². The van der Waals surface area contributed by atoms with Gasteiger partial charge < -0.3 is 4.57 Å². The van der Waals surface area contributed by atoms with Crippen molar-refractivity contribution < 1.29 is 4.57 Å². The van der Waals surface area contributed by atoms with Crippen LogP contribution in [0.4, 0.5) is 0 Å². The molecule has 1 atom stereocenters. The average molecular weight is 570 g/mol. The summed E-state index contributed by atoms with van der Waals surface area (Å²) in [4.78, 5) is 9.97. The van der Waals surface area contributed by atoms with Gasteiger partial charge in [0.1, 0.15) is 5.82 Å². The van der Waals surface area contributed by atoms with E-state index >= 15 is 4.57 Å². The zero-order chi connectivity index (χ0) is 28.5. The third-order valence-electron chi connectivity index (χ3n) is 8.62. The molecule has 9 rings (SSSR count). The highest BCUT2D eigenvalue weighted by atomic mass is 31.2. The minimum absolute atomic E-state index is 0.813. The molecule has 0 aliphatic carbocycles. The molecule has 0 N–H and O–H groups in total. The molecule has 4 nitrogen and oxygen atoms in total. The molecular formula is C38H24N3OP. The van der Waals surface area contributed by atoms with Crippen LogP contribution in [0.1, 0.15) is 0 Å². The number of pyridine rings is 1. The van der Waals surface area contributed by atoms with Crippen LogP contribution < -0.4 is 15.9 Å². The van der Waals surface area contributed by atoms with Gasteiger partial charge >= 0.3 is 0 Å². The van der Waals surface area contributed by atoms with Crippen molar-refractivity contribution in [1.29, 1.82) is 0 Å². The van der Waals surface area contributed by atoms with Gasteiger partial charge in [-0.1, -0.05) is 109 Å². The Morgan fingerprint density at radius 1 is 0.628 bits per heavy atom. The average Bonchev–Trinajstić information content (AvgIpc) is 3.48. The topological polar surface area (TPSA) is 47.8 Å². The van der Waals surface area contributed by atoms with Gasteiger partial charge in [0.15, 0.2) is 7.14 Å². The van der Waals surface area contributed by atoms with Crippen LogP contribution in [-0.2, 0) is 4.57 Å². The van der Waals surface area contributed by atoms with E-state index in [0.29, 0.717) is 0 Å². The molecule has 0 radical (unpaired) electrons. The molecule has 1 aliphatic heterocycles. The molecule has 6 aromatic carbocycles. The lowest BCUT2D eigenvalue weighted by Crippen LogP contribution is -2.34. The molecule has 8 aromatic rings. The smallest absolute Gasteiger partial charge is 0.175 e. The first-order chi connectivity index (χ1) is 21.2. The summed E-state index contributed by atoms with van der Waals surface area (Å²) < 4.78 is 18.4. The molecule has 2 aromatic heterocycles. The maximum atomic E-state index is 16.1. The molecule has 3 heterocycles. The number of aromatic nitrogens is 3. The fraction of sp³-hybridized carbons (Fsp3) is 0. The van der Waals surface area contributed by atoms with Crippen molar-refractivity contribution in [2.75, 3.05) is 0 Å². The van der Waals surface area contributed by atoms with Gasteiger partial charge in [-0.05, 0) is 46.8 Å². The van der Waals surface area contributed by atoms with Gasteiger partial charge in [-0.3, -0.25) is 9.55 Å². The van der Waals surface area contributed by atoms with Gasteiger partial charge in [-0.15, -0.1) is 0 Å². The highest BCUT2D eigenvalue weighted by Gasteiger charge is 2.42. The molecule has 1 aliphatic rings. The van der Waals surface area contributed by atoms with Crippen LogP contribution >= 0.6 is 7.14 Å². The lowest BCUT2D eigenvalue weighted by atomic mass is 9.95. The Hall–Kier alpha value is -5.31.